The highest BCUT2D eigenvalue weighted by molar-refractivity contribution is 7.90. The number of esters is 1. The third-order valence-corrected chi connectivity index (χ3v) is 6.40. The van der Waals surface area contributed by atoms with Crippen molar-refractivity contribution in [3.8, 4) is 0 Å². The number of nitrogens with zero attached hydrogens (tertiary/aromatic N) is 1. The van der Waals surface area contributed by atoms with E-state index in [9.17, 15) is 22.8 Å². The predicted molar refractivity (Wildman–Crippen MR) is 128 cm³/mol. The number of aryl methyl sites for hydroxylation is 1. The summed E-state index contributed by atoms with van der Waals surface area (Å²) in [6.45, 7) is 0.349. The van der Waals surface area contributed by atoms with Gasteiger partial charge in [-0.2, -0.15) is 0 Å². The zero-order valence-corrected chi connectivity index (χ0v) is 19.9. The first kappa shape index (κ1) is 25.6. The fourth-order valence-corrected chi connectivity index (χ4v) is 4.24. The largest absolute Gasteiger partial charge is 0.464 e. The van der Waals surface area contributed by atoms with Crippen LogP contribution in [0.3, 0.4) is 0 Å². The lowest BCUT2D eigenvalue weighted by Gasteiger charge is -2.10. The highest BCUT2D eigenvalue weighted by Gasteiger charge is 2.20. The van der Waals surface area contributed by atoms with Gasteiger partial charge in [-0.25, -0.2) is 22.9 Å². The van der Waals surface area contributed by atoms with Crippen LogP contribution in [0.25, 0.3) is 0 Å². The molecule has 0 saturated heterocycles. The normalized spacial score (nSPS) is 10.9. The topological polar surface area (TPSA) is 132 Å². The fraction of sp³-hybridized carbons (Fsp3) is 0.200. The summed E-state index contributed by atoms with van der Waals surface area (Å²) in [5, 5.41) is 2.83. The zero-order chi connectivity index (χ0) is 25.3. The monoisotopic (exact) mass is 495 g/mol. The van der Waals surface area contributed by atoms with Crippen LogP contribution in [-0.2, 0) is 32.4 Å². The zero-order valence-electron chi connectivity index (χ0n) is 19.1. The SMILES string of the molecule is COC(=O)c1ccc(C(=O)NS(=O)(=O)c2cccc(CCNC(=O)CCc3ccccc3)c2)cn1. The first-order chi connectivity index (χ1) is 16.8. The van der Waals surface area contributed by atoms with Crippen LogP contribution in [0, 0.1) is 0 Å². The van der Waals surface area contributed by atoms with Crippen LogP contribution in [-0.4, -0.2) is 44.8 Å². The van der Waals surface area contributed by atoms with Crippen LogP contribution >= 0.6 is 0 Å². The minimum atomic E-state index is -4.15. The smallest absolute Gasteiger partial charge is 0.356 e. The van der Waals surface area contributed by atoms with Crippen molar-refractivity contribution in [2.24, 2.45) is 0 Å². The van der Waals surface area contributed by atoms with Gasteiger partial charge >= 0.3 is 5.97 Å². The summed E-state index contributed by atoms with van der Waals surface area (Å²) in [5.41, 5.74) is 1.73. The van der Waals surface area contributed by atoms with E-state index in [1.165, 1.54) is 31.4 Å². The van der Waals surface area contributed by atoms with E-state index < -0.39 is 21.9 Å². The lowest BCUT2D eigenvalue weighted by atomic mass is 10.1. The van der Waals surface area contributed by atoms with Gasteiger partial charge in [-0.15, -0.1) is 0 Å². The molecule has 0 radical (unpaired) electrons. The lowest BCUT2D eigenvalue weighted by Crippen LogP contribution is -2.31. The summed E-state index contributed by atoms with van der Waals surface area (Å²) in [4.78, 5) is 39.6. The van der Waals surface area contributed by atoms with Crippen molar-refractivity contribution in [2.75, 3.05) is 13.7 Å². The van der Waals surface area contributed by atoms with Gasteiger partial charge < -0.3 is 10.1 Å². The summed E-state index contributed by atoms with van der Waals surface area (Å²) >= 11 is 0. The molecule has 0 aliphatic carbocycles. The van der Waals surface area contributed by atoms with Crippen LogP contribution in [0.15, 0.2) is 77.8 Å². The highest BCUT2D eigenvalue weighted by Crippen LogP contribution is 2.13. The second-order valence-electron chi connectivity index (χ2n) is 7.59. The highest BCUT2D eigenvalue weighted by atomic mass is 32.2. The Hall–Kier alpha value is -4.05. The lowest BCUT2D eigenvalue weighted by molar-refractivity contribution is -0.121. The Kier molecular flexibility index (Phi) is 8.69. The molecule has 3 rings (SSSR count). The van der Waals surface area contributed by atoms with Gasteiger partial charge in [0.2, 0.25) is 5.91 Å². The molecule has 0 saturated carbocycles. The molecule has 10 heteroatoms. The number of nitrogens with one attached hydrogen (secondary N) is 2. The molecule has 182 valence electrons. The number of aromatic nitrogens is 1. The van der Waals surface area contributed by atoms with Gasteiger partial charge in [0.15, 0.2) is 0 Å². The molecule has 0 aliphatic heterocycles. The summed E-state index contributed by atoms with van der Waals surface area (Å²) in [5.74, 6) is -1.64. The van der Waals surface area contributed by atoms with Crippen molar-refractivity contribution < 1.29 is 27.5 Å². The Labute approximate surface area is 203 Å². The molecule has 1 aromatic heterocycles. The quantitative estimate of drug-likeness (QED) is 0.413. The third kappa shape index (κ3) is 7.47. The Morgan fingerprint density at radius 1 is 0.914 bits per heavy atom. The Bertz CT molecular complexity index is 1290. The number of rotatable bonds is 10. The van der Waals surface area contributed by atoms with E-state index in [4.69, 9.17) is 0 Å². The van der Waals surface area contributed by atoms with Crippen LogP contribution < -0.4 is 10.0 Å². The van der Waals surface area contributed by atoms with Gasteiger partial charge in [0.05, 0.1) is 17.6 Å². The number of hydrogen-bond acceptors (Lipinski definition) is 7. The minimum absolute atomic E-state index is 0.00762. The molecule has 1 heterocycles. The van der Waals surface area contributed by atoms with E-state index in [-0.39, 0.29) is 22.1 Å². The molecule has 35 heavy (non-hydrogen) atoms. The number of carbonyl (C=O) groups excluding carboxylic acids is 3. The molecule has 9 nitrogen and oxygen atoms in total. The van der Waals surface area contributed by atoms with E-state index >= 15 is 0 Å². The van der Waals surface area contributed by atoms with Crippen LogP contribution in [0.2, 0.25) is 0 Å². The van der Waals surface area contributed by atoms with E-state index in [1.54, 1.807) is 12.1 Å². The van der Waals surface area contributed by atoms with Gasteiger partial charge in [-0.3, -0.25) is 9.59 Å². The number of benzene rings is 2. The molecule has 0 spiro atoms. The van der Waals surface area contributed by atoms with Crippen molar-refractivity contribution in [1.82, 2.24) is 15.0 Å². The average molecular weight is 496 g/mol. The van der Waals surface area contributed by atoms with Gasteiger partial charge in [-0.05, 0) is 48.2 Å². The van der Waals surface area contributed by atoms with Gasteiger partial charge in [0.1, 0.15) is 5.69 Å². The maximum Gasteiger partial charge on any atom is 0.356 e. The van der Waals surface area contributed by atoms with E-state index in [2.05, 4.69) is 15.0 Å². The molecule has 3 aromatic rings. The van der Waals surface area contributed by atoms with Gasteiger partial charge in [-0.1, -0.05) is 42.5 Å². The molecule has 0 aliphatic rings. The first-order valence-electron chi connectivity index (χ1n) is 10.8. The number of pyridine rings is 1. The molecule has 2 aromatic carbocycles. The summed E-state index contributed by atoms with van der Waals surface area (Å²) in [7, 11) is -2.95. The second kappa shape index (κ2) is 11.9. The molecule has 0 bridgehead atoms. The third-order valence-electron chi connectivity index (χ3n) is 5.08. The van der Waals surface area contributed by atoms with Crippen molar-refractivity contribution in [1.29, 1.82) is 0 Å². The summed E-state index contributed by atoms with van der Waals surface area (Å²) < 4.78 is 31.9. The van der Waals surface area contributed by atoms with Gasteiger partial charge in [0.25, 0.3) is 15.9 Å². The van der Waals surface area contributed by atoms with Crippen molar-refractivity contribution in [3.05, 3.63) is 95.3 Å². The van der Waals surface area contributed by atoms with E-state index in [0.717, 1.165) is 11.8 Å². The summed E-state index contributed by atoms with van der Waals surface area (Å²) in [6, 6.07) is 18.4. The number of methoxy groups -OCH3 is 1. The second-order valence-corrected chi connectivity index (χ2v) is 9.27. The van der Waals surface area contributed by atoms with Crippen LogP contribution in [0.4, 0.5) is 0 Å². The molecular weight excluding hydrogens is 470 g/mol. The van der Waals surface area contributed by atoms with Crippen LogP contribution in [0.5, 0.6) is 0 Å². The summed E-state index contributed by atoms with van der Waals surface area (Å²) in [6.07, 6.45) is 2.52. The molecule has 2 amide bonds. The predicted octanol–water partition coefficient (Wildman–Crippen LogP) is 2.28. The van der Waals surface area contributed by atoms with Gasteiger partial charge in [0, 0.05) is 19.2 Å². The maximum atomic E-state index is 12.7. The number of amides is 2. The Morgan fingerprint density at radius 3 is 2.34 bits per heavy atom. The Morgan fingerprint density at radius 2 is 1.66 bits per heavy atom. The average Bonchev–Trinajstić information content (AvgIpc) is 2.87. The molecule has 2 N–H and O–H groups in total. The standard InChI is InChI=1S/C25H25N3O6S/c1-34-25(31)22-12-11-20(17-27-22)24(30)28-35(32,33)21-9-5-8-19(16-21)14-15-26-23(29)13-10-18-6-3-2-4-7-18/h2-9,11-12,16-17H,10,13-15H2,1H3,(H,26,29)(H,28,30). The molecule has 0 unspecified atom stereocenters. The molecule has 0 atom stereocenters. The van der Waals surface area contributed by atoms with Crippen molar-refractivity contribution >= 4 is 27.8 Å². The van der Waals surface area contributed by atoms with Crippen molar-refractivity contribution in [2.45, 2.75) is 24.2 Å². The van der Waals surface area contributed by atoms with E-state index in [1.807, 2.05) is 35.1 Å². The van der Waals surface area contributed by atoms with E-state index in [0.29, 0.717) is 31.4 Å². The number of carbonyl (C=O) groups is 3. The number of sulfonamides is 1. The Balaban J connectivity index is 1.54. The molecular formula is C25H25N3O6S. The maximum absolute atomic E-state index is 12.7. The fourth-order valence-electron chi connectivity index (χ4n) is 3.20. The molecule has 0 fully saturated rings. The first-order valence-corrected chi connectivity index (χ1v) is 12.3. The van der Waals surface area contributed by atoms with Crippen molar-refractivity contribution in [3.63, 3.8) is 0 Å². The number of ether oxygens (including phenoxy) is 1. The minimum Gasteiger partial charge on any atom is -0.464 e. The number of hydrogen-bond donors (Lipinski definition) is 2. The van der Waals surface area contributed by atoms with Crippen LogP contribution in [0.1, 0.15) is 38.4 Å².